The molecule has 0 spiro atoms. The van der Waals surface area contributed by atoms with E-state index in [9.17, 15) is 4.79 Å². The van der Waals surface area contributed by atoms with Gasteiger partial charge in [0.25, 0.3) is 5.91 Å². The summed E-state index contributed by atoms with van der Waals surface area (Å²) >= 11 is 0. The Hall–Kier alpha value is -2.02. The smallest absolute Gasteiger partial charge is 0.269 e. The largest absolute Gasteiger partial charge is 0.340 e. The first-order valence-corrected chi connectivity index (χ1v) is 3.72. The van der Waals surface area contributed by atoms with Crippen LogP contribution in [-0.4, -0.2) is 18.7 Å². The maximum atomic E-state index is 11.3. The fourth-order valence-electron chi connectivity index (χ4n) is 0.742. The summed E-state index contributed by atoms with van der Waals surface area (Å²) < 4.78 is 0. The first-order chi connectivity index (χ1) is 6.34. The highest BCUT2D eigenvalue weighted by Gasteiger charge is 2.06. The number of carbonyl (C=O) groups is 1. The van der Waals surface area contributed by atoms with Gasteiger partial charge in [-0.3, -0.25) is 10.2 Å². The molecule has 0 aromatic carbocycles. The van der Waals surface area contributed by atoms with Crippen LogP contribution in [0.1, 0.15) is 0 Å². The Labute approximate surface area is 76.4 Å². The van der Waals surface area contributed by atoms with Crippen molar-refractivity contribution < 1.29 is 4.79 Å². The monoisotopic (exact) mass is 175 g/mol. The van der Waals surface area contributed by atoms with Crippen molar-refractivity contribution in [1.82, 2.24) is 10.7 Å². The number of nitrogens with one attached hydrogen (secondary N) is 2. The molecule has 0 aromatic rings. The quantitative estimate of drug-likeness (QED) is 0.569. The van der Waals surface area contributed by atoms with Crippen LogP contribution in [0.5, 0.6) is 0 Å². The van der Waals surface area contributed by atoms with Crippen LogP contribution < -0.4 is 10.7 Å². The third-order valence-electron chi connectivity index (χ3n) is 1.32. The molecule has 0 bridgehead atoms. The van der Waals surface area contributed by atoms with E-state index in [0.29, 0.717) is 5.70 Å². The summed E-state index contributed by atoms with van der Waals surface area (Å²) in [6.45, 7) is 0.214. The zero-order valence-corrected chi connectivity index (χ0v) is 6.95. The van der Waals surface area contributed by atoms with E-state index in [-0.39, 0.29) is 12.5 Å². The van der Waals surface area contributed by atoms with E-state index < -0.39 is 0 Å². The fourth-order valence-corrected chi connectivity index (χ4v) is 0.742. The SMILES string of the molecule is C#CCNC(=O)C1=CC=CC=NN1. The number of hydrogen-bond donors (Lipinski definition) is 2. The molecule has 0 aromatic heterocycles. The topological polar surface area (TPSA) is 53.5 Å². The van der Waals surface area contributed by atoms with E-state index in [4.69, 9.17) is 6.42 Å². The molecule has 4 heteroatoms. The van der Waals surface area contributed by atoms with Crippen LogP contribution in [-0.2, 0) is 4.79 Å². The second-order valence-electron chi connectivity index (χ2n) is 2.24. The Balaban J connectivity index is 2.57. The molecular weight excluding hydrogens is 166 g/mol. The zero-order valence-electron chi connectivity index (χ0n) is 6.95. The summed E-state index contributed by atoms with van der Waals surface area (Å²) in [6.07, 6.45) is 11.6. The summed E-state index contributed by atoms with van der Waals surface area (Å²) in [5, 5.41) is 6.26. The lowest BCUT2D eigenvalue weighted by atomic mass is 10.3. The summed E-state index contributed by atoms with van der Waals surface area (Å²) in [6, 6.07) is 0. The molecule has 0 saturated heterocycles. The Morgan fingerprint density at radius 3 is 3.31 bits per heavy atom. The van der Waals surface area contributed by atoms with Gasteiger partial charge < -0.3 is 5.32 Å². The number of terminal acetylenes is 1. The van der Waals surface area contributed by atoms with Crippen molar-refractivity contribution in [3.05, 3.63) is 23.9 Å². The summed E-state index contributed by atoms with van der Waals surface area (Å²) in [7, 11) is 0. The Bertz CT molecular complexity index is 320. The van der Waals surface area contributed by atoms with Crippen molar-refractivity contribution in [2.75, 3.05) is 6.54 Å². The van der Waals surface area contributed by atoms with Crippen molar-refractivity contribution >= 4 is 12.1 Å². The standard InChI is InChI=1S/C9H9N3O/c1-2-6-10-9(13)8-5-3-4-7-11-12-8/h1,3-5,7,12H,6H2,(H,10,13). The number of nitrogens with zero attached hydrogens (tertiary/aromatic N) is 1. The molecule has 13 heavy (non-hydrogen) atoms. The van der Waals surface area contributed by atoms with Gasteiger partial charge in [-0.15, -0.1) is 6.42 Å². The van der Waals surface area contributed by atoms with E-state index >= 15 is 0 Å². The normalized spacial score (nSPS) is 13.6. The first kappa shape index (κ1) is 9.07. The van der Waals surface area contributed by atoms with Gasteiger partial charge in [0.2, 0.25) is 0 Å². The third-order valence-corrected chi connectivity index (χ3v) is 1.32. The van der Waals surface area contributed by atoms with Crippen LogP contribution in [0.4, 0.5) is 0 Å². The van der Waals surface area contributed by atoms with Gasteiger partial charge in [-0.1, -0.05) is 12.0 Å². The maximum Gasteiger partial charge on any atom is 0.269 e. The first-order valence-electron chi connectivity index (χ1n) is 3.72. The molecule has 1 amide bonds. The molecule has 0 aliphatic carbocycles. The van der Waals surface area contributed by atoms with Crippen molar-refractivity contribution in [3.8, 4) is 12.3 Å². The summed E-state index contributed by atoms with van der Waals surface area (Å²) in [5.41, 5.74) is 2.95. The number of hydrazone groups is 1. The minimum absolute atomic E-state index is 0.214. The molecule has 4 nitrogen and oxygen atoms in total. The average molecular weight is 175 g/mol. The molecule has 0 atom stereocenters. The van der Waals surface area contributed by atoms with Gasteiger partial charge in [0, 0.05) is 6.21 Å². The predicted octanol–water partition coefficient (Wildman–Crippen LogP) is -0.235. The number of allylic oxidation sites excluding steroid dienone is 3. The van der Waals surface area contributed by atoms with Gasteiger partial charge in [-0.2, -0.15) is 5.10 Å². The minimum Gasteiger partial charge on any atom is -0.340 e. The van der Waals surface area contributed by atoms with E-state index in [1.54, 1.807) is 24.4 Å². The number of rotatable bonds is 2. The molecule has 66 valence electrons. The Morgan fingerprint density at radius 2 is 2.54 bits per heavy atom. The van der Waals surface area contributed by atoms with Gasteiger partial charge in [0.15, 0.2) is 0 Å². The van der Waals surface area contributed by atoms with Gasteiger partial charge in [0.05, 0.1) is 6.54 Å². The molecule has 2 N–H and O–H groups in total. The predicted molar refractivity (Wildman–Crippen MR) is 50.7 cm³/mol. The highest BCUT2D eigenvalue weighted by Crippen LogP contribution is 1.93. The molecule has 0 fully saturated rings. The van der Waals surface area contributed by atoms with E-state index in [0.717, 1.165) is 0 Å². The zero-order chi connectivity index (χ0) is 9.52. The van der Waals surface area contributed by atoms with Gasteiger partial charge in [0.1, 0.15) is 5.70 Å². The van der Waals surface area contributed by atoms with Crippen molar-refractivity contribution in [1.29, 1.82) is 0 Å². The molecule has 1 aliphatic rings. The van der Waals surface area contributed by atoms with Crippen molar-refractivity contribution in [2.45, 2.75) is 0 Å². The highest BCUT2D eigenvalue weighted by atomic mass is 16.2. The van der Waals surface area contributed by atoms with Crippen LogP contribution in [0.15, 0.2) is 29.0 Å². The molecule has 1 aliphatic heterocycles. The number of amides is 1. The van der Waals surface area contributed by atoms with Crippen LogP contribution in [0.2, 0.25) is 0 Å². The minimum atomic E-state index is -0.262. The van der Waals surface area contributed by atoms with Gasteiger partial charge in [-0.05, 0) is 12.2 Å². The Kier molecular flexibility index (Phi) is 3.33. The second-order valence-corrected chi connectivity index (χ2v) is 2.24. The number of hydrogen-bond acceptors (Lipinski definition) is 3. The number of carbonyl (C=O) groups excluding carboxylic acids is 1. The highest BCUT2D eigenvalue weighted by molar-refractivity contribution is 5.93. The lowest BCUT2D eigenvalue weighted by molar-refractivity contribution is -0.117. The molecule has 0 saturated carbocycles. The van der Waals surface area contributed by atoms with Crippen LogP contribution in [0, 0.1) is 12.3 Å². The summed E-state index contributed by atoms with van der Waals surface area (Å²) in [5.74, 6) is 2.05. The second kappa shape index (κ2) is 4.78. The lowest BCUT2D eigenvalue weighted by Gasteiger charge is -2.03. The van der Waals surface area contributed by atoms with Crippen molar-refractivity contribution in [3.63, 3.8) is 0 Å². The summed E-state index contributed by atoms with van der Waals surface area (Å²) in [4.78, 5) is 11.3. The molecule has 1 heterocycles. The van der Waals surface area contributed by atoms with Crippen molar-refractivity contribution in [2.24, 2.45) is 5.10 Å². The van der Waals surface area contributed by atoms with E-state index in [1.807, 2.05) is 0 Å². The molecular formula is C9H9N3O. The molecule has 0 unspecified atom stereocenters. The molecule has 0 radical (unpaired) electrons. The van der Waals surface area contributed by atoms with Gasteiger partial charge in [-0.25, -0.2) is 0 Å². The maximum absolute atomic E-state index is 11.3. The van der Waals surface area contributed by atoms with Gasteiger partial charge >= 0.3 is 0 Å². The fraction of sp³-hybridized carbons (Fsp3) is 0.111. The van der Waals surface area contributed by atoms with Crippen LogP contribution in [0.25, 0.3) is 0 Å². The third kappa shape index (κ3) is 2.83. The molecule has 1 rings (SSSR count). The lowest BCUT2D eigenvalue weighted by Crippen LogP contribution is -2.29. The van der Waals surface area contributed by atoms with E-state index in [2.05, 4.69) is 21.8 Å². The van der Waals surface area contributed by atoms with Crippen LogP contribution >= 0.6 is 0 Å². The van der Waals surface area contributed by atoms with E-state index in [1.165, 1.54) is 0 Å². The Morgan fingerprint density at radius 1 is 1.69 bits per heavy atom. The average Bonchev–Trinajstić information content (AvgIpc) is 2.42. The van der Waals surface area contributed by atoms with Crippen LogP contribution in [0.3, 0.4) is 0 Å².